The fourth-order valence-electron chi connectivity index (χ4n) is 1.81. The summed E-state index contributed by atoms with van der Waals surface area (Å²) in [4.78, 5) is 24.7. The van der Waals surface area contributed by atoms with Crippen molar-refractivity contribution in [3.05, 3.63) is 29.8 Å². The van der Waals surface area contributed by atoms with E-state index in [1.165, 1.54) is 17.0 Å². The Bertz CT molecular complexity index is 509. The van der Waals surface area contributed by atoms with E-state index in [1.807, 2.05) is 0 Å². The minimum atomic E-state index is -2.62. The van der Waals surface area contributed by atoms with Crippen LogP contribution >= 0.6 is 11.8 Å². The normalized spacial score (nSPS) is 11.0. The summed E-state index contributed by atoms with van der Waals surface area (Å²) in [6.07, 6.45) is -0.186. The molecule has 0 aromatic heterocycles. The molecule has 0 fully saturated rings. The topological polar surface area (TPSA) is 57.6 Å². The first kappa shape index (κ1) is 17.4. The standard InChI is InChI=1S/C14H17F2NO3S/c1-9(2)17(8-7-12(18)19)13(20)10-5-3-4-6-11(10)21-14(15)16/h3-6,9,14H,7-8H2,1-2H3,(H,18,19). The first-order valence-corrected chi connectivity index (χ1v) is 7.27. The number of hydrogen-bond acceptors (Lipinski definition) is 3. The van der Waals surface area contributed by atoms with E-state index in [4.69, 9.17) is 5.11 Å². The van der Waals surface area contributed by atoms with E-state index in [9.17, 15) is 18.4 Å². The van der Waals surface area contributed by atoms with Crippen LogP contribution in [0, 0.1) is 0 Å². The molecular weight excluding hydrogens is 300 g/mol. The zero-order chi connectivity index (χ0) is 16.0. The molecule has 1 rings (SSSR count). The molecule has 0 aliphatic heterocycles. The van der Waals surface area contributed by atoms with Crippen molar-refractivity contribution in [3.8, 4) is 0 Å². The average Bonchev–Trinajstić information content (AvgIpc) is 2.37. The Morgan fingerprint density at radius 2 is 1.90 bits per heavy atom. The van der Waals surface area contributed by atoms with Crippen molar-refractivity contribution in [2.45, 2.75) is 37.0 Å². The largest absolute Gasteiger partial charge is 0.481 e. The van der Waals surface area contributed by atoms with Crippen LogP contribution in [0.2, 0.25) is 0 Å². The number of halogens is 2. The lowest BCUT2D eigenvalue weighted by molar-refractivity contribution is -0.137. The number of benzene rings is 1. The molecule has 4 nitrogen and oxygen atoms in total. The first-order valence-electron chi connectivity index (χ1n) is 6.39. The maximum atomic E-state index is 12.5. The maximum Gasteiger partial charge on any atom is 0.305 e. The van der Waals surface area contributed by atoms with Crippen molar-refractivity contribution in [2.24, 2.45) is 0 Å². The molecule has 1 aromatic rings. The summed E-state index contributed by atoms with van der Waals surface area (Å²) in [6, 6.07) is 5.89. The van der Waals surface area contributed by atoms with Crippen LogP contribution in [0.4, 0.5) is 8.78 Å². The fraction of sp³-hybridized carbons (Fsp3) is 0.429. The van der Waals surface area contributed by atoms with Gasteiger partial charge < -0.3 is 10.0 Å². The second-order valence-electron chi connectivity index (χ2n) is 4.61. The third-order valence-corrected chi connectivity index (χ3v) is 3.57. The smallest absolute Gasteiger partial charge is 0.305 e. The van der Waals surface area contributed by atoms with Crippen LogP contribution in [0.25, 0.3) is 0 Å². The highest BCUT2D eigenvalue weighted by molar-refractivity contribution is 7.99. The lowest BCUT2D eigenvalue weighted by atomic mass is 10.1. The zero-order valence-electron chi connectivity index (χ0n) is 11.8. The van der Waals surface area contributed by atoms with Crippen molar-refractivity contribution in [1.29, 1.82) is 0 Å². The summed E-state index contributed by atoms with van der Waals surface area (Å²) in [6.45, 7) is 3.55. The van der Waals surface area contributed by atoms with Crippen molar-refractivity contribution >= 4 is 23.6 Å². The Hall–Kier alpha value is -1.63. The van der Waals surface area contributed by atoms with Crippen LogP contribution in [0.3, 0.4) is 0 Å². The monoisotopic (exact) mass is 317 g/mol. The van der Waals surface area contributed by atoms with Gasteiger partial charge in [0, 0.05) is 17.5 Å². The minimum Gasteiger partial charge on any atom is -0.481 e. The number of thioether (sulfide) groups is 1. The molecule has 0 unspecified atom stereocenters. The van der Waals surface area contributed by atoms with E-state index in [-0.39, 0.29) is 29.5 Å². The Morgan fingerprint density at radius 1 is 1.29 bits per heavy atom. The first-order chi connectivity index (χ1) is 9.82. The Kier molecular flexibility index (Phi) is 6.61. The number of carboxylic acid groups (broad SMARTS) is 1. The van der Waals surface area contributed by atoms with Crippen molar-refractivity contribution in [2.75, 3.05) is 6.54 Å². The predicted molar refractivity (Wildman–Crippen MR) is 76.7 cm³/mol. The minimum absolute atomic E-state index is 0.0412. The molecule has 1 aromatic carbocycles. The van der Waals surface area contributed by atoms with Gasteiger partial charge >= 0.3 is 5.97 Å². The average molecular weight is 317 g/mol. The SMILES string of the molecule is CC(C)N(CCC(=O)O)C(=O)c1ccccc1SC(F)F. The number of carbonyl (C=O) groups excluding carboxylic acids is 1. The molecule has 21 heavy (non-hydrogen) atoms. The highest BCUT2D eigenvalue weighted by Crippen LogP contribution is 2.29. The van der Waals surface area contributed by atoms with Gasteiger partial charge in [0.2, 0.25) is 0 Å². The van der Waals surface area contributed by atoms with Gasteiger partial charge in [-0.25, -0.2) is 0 Å². The zero-order valence-corrected chi connectivity index (χ0v) is 12.6. The number of carbonyl (C=O) groups is 2. The summed E-state index contributed by atoms with van der Waals surface area (Å²) >= 11 is 0.310. The third kappa shape index (κ3) is 5.34. The summed E-state index contributed by atoms with van der Waals surface area (Å²) in [5.74, 6) is -4.07. The molecule has 0 heterocycles. The van der Waals surface area contributed by atoms with Crippen molar-refractivity contribution < 1.29 is 23.5 Å². The molecule has 7 heteroatoms. The number of nitrogens with zero attached hydrogens (tertiary/aromatic N) is 1. The molecule has 1 amide bonds. The number of aliphatic carboxylic acids is 1. The fourth-order valence-corrected chi connectivity index (χ4v) is 2.44. The van der Waals surface area contributed by atoms with Crippen LogP contribution in [0.15, 0.2) is 29.2 Å². The second-order valence-corrected chi connectivity index (χ2v) is 5.64. The Labute approximate surface area is 126 Å². The van der Waals surface area contributed by atoms with Crippen LogP contribution < -0.4 is 0 Å². The van der Waals surface area contributed by atoms with E-state index >= 15 is 0 Å². The number of amides is 1. The van der Waals surface area contributed by atoms with Gasteiger partial charge in [-0.3, -0.25) is 9.59 Å². The highest BCUT2D eigenvalue weighted by atomic mass is 32.2. The quantitative estimate of drug-likeness (QED) is 0.784. The molecule has 0 atom stereocenters. The lowest BCUT2D eigenvalue weighted by Crippen LogP contribution is -2.38. The second kappa shape index (κ2) is 7.97. The lowest BCUT2D eigenvalue weighted by Gasteiger charge is -2.27. The van der Waals surface area contributed by atoms with E-state index in [0.29, 0.717) is 11.8 Å². The summed E-state index contributed by atoms with van der Waals surface area (Å²) in [5, 5.41) is 8.73. The van der Waals surface area contributed by atoms with Crippen LogP contribution in [-0.4, -0.2) is 40.2 Å². The summed E-state index contributed by atoms with van der Waals surface area (Å²) < 4.78 is 25.1. The molecule has 0 aliphatic rings. The Morgan fingerprint density at radius 3 is 2.43 bits per heavy atom. The van der Waals surface area contributed by atoms with Crippen molar-refractivity contribution in [3.63, 3.8) is 0 Å². The maximum absolute atomic E-state index is 12.5. The number of rotatable bonds is 7. The Balaban J connectivity index is 3.00. The molecule has 1 N–H and O–H groups in total. The molecule has 0 aliphatic carbocycles. The predicted octanol–water partition coefficient (Wildman–Crippen LogP) is 3.33. The van der Waals surface area contributed by atoms with Crippen LogP contribution in [-0.2, 0) is 4.79 Å². The molecule has 0 radical (unpaired) electrons. The molecular formula is C14H17F2NO3S. The number of carboxylic acids is 1. The molecule has 0 bridgehead atoms. The van der Waals surface area contributed by atoms with Crippen LogP contribution in [0.1, 0.15) is 30.6 Å². The molecule has 0 saturated heterocycles. The highest BCUT2D eigenvalue weighted by Gasteiger charge is 2.23. The van der Waals surface area contributed by atoms with Crippen LogP contribution in [0.5, 0.6) is 0 Å². The summed E-state index contributed by atoms with van der Waals surface area (Å²) in [5.41, 5.74) is 0.168. The van der Waals surface area contributed by atoms with Gasteiger partial charge in [-0.05, 0) is 26.0 Å². The molecule has 116 valence electrons. The van der Waals surface area contributed by atoms with E-state index < -0.39 is 17.6 Å². The summed E-state index contributed by atoms with van der Waals surface area (Å²) in [7, 11) is 0. The van der Waals surface area contributed by atoms with E-state index in [1.54, 1.807) is 26.0 Å². The number of alkyl halides is 2. The van der Waals surface area contributed by atoms with Gasteiger partial charge in [0.25, 0.3) is 11.7 Å². The van der Waals surface area contributed by atoms with Crippen molar-refractivity contribution in [1.82, 2.24) is 4.90 Å². The molecule has 0 spiro atoms. The van der Waals surface area contributed by atoms with Gasteiger partial charge in [-0.15, -0.1) is 0 Å². The van der Waals surface area contributed by atoms with E-state index in [2.05, 4.69) is 0 Å². The van der Waals surface area contributed by atoms with Gasteiger partial charge in [0.05, 0.1) is 12.0 Å². The molecule has 0 saturated carbocycles. The third-order valence-electron chi connectivity index (χ3n) is 2.78. The van der Waals surface area contributed by atoms with Gasteiger partial charge in [-0.1, -0.05) is 23.9 Å². The van der Waals surface area contributed by atoms with E-state index in [0.717, 1.165) is 0 Å². The van der Waals surface area contributed by atoms with Gasteiger partial charge in [0.1, 0.15) is 0 Å². The van der Waals surface area contributed by atoms with Gasteiger partial charge in [-0.2, -0.15) is 8.78 Å². The van der Waals surface area contributed by atoms with Gasteiger partial charge in [0.15, 0.2) is 0 Å². The number of hydrogen-bond donors (Lipinski definition) is 1.